The highest BCUT2D eigenvalue weighted by Crippen LogP contribution is 2.27. The Balaban J connectivity index is 1.78. The molecule has 1 aromatic carbocycles. The molecule has 7 heteroatoms. The number of hydrogen-bond donors (Lipinski definition) is 1. The number of pyridine rings is 1. The van der Waals surface area contributed by atoms with Gasteiger partial charge >= 0.3 is 0 Å². The third kappa shape index (κ3) is 3.52. The maximum atomic E-state index is 12.6. The van der Waals surface area contributed by atoms with Crippen molar-refractivity contribution in [1.82, 2.24) is 9.29 Å². The average Bonchev–Trinajstić information content (AvgIpc) is 2.63. The van der Waals surface area contributed by atoms with Gasteiger partial charge in [-0.05, 0) is 37.1 Å². The quantitative estimate of drug-likeness (QED) is 0.900. The van der Waals surface area contributed by atoms with E-state index in [-0.39, 0.29) is 4.90 Å². The molecule has 2 aromatic rings. The average molecular weight is 347 g/mol. The number of rotatable bonds is 5. The van der Waals surface area contributed by atoms with Crippen molar-refractivity contribution in [3.05, 3.63) is 42.6 Å². The molecule has 1 aliphatic rings. The van der Waals surface area contributed by atoms with Gasteiger partial charge in [0.15, 0.2) is 0 Å². The van der Waals surface area contributed by atoms with E-state index in [1.165, 1.54) is 6.20 Å². The molecule has 3 rings (SSSR count). The second kappa shape index (κ2) is 7.19. The molecule has 0 spiro atoms. The molecular weight excluding hydrogens is 326 g/mol. The van der Waals surface area contributed by atoms with E-state index < -0.39 is 10.0 Å². The van der Waals surface area contributed by atoms with Crippen LogP contribution in [0.15, 0.2) is 47.5 Å². The summed E-state index contributed by atoms with van der Waals surface area (Å²) in [5.41, 5.74) is 0.777. The van der Waals surface area contributed by atoms with E-state index in [2.05, 4.69) is 10.3 Å². The molecule has 0 unspecified atom stereocenters. The largest absolute Gasteiger partial charge is 0.495 e. The number of nitrogens with zero attached hydrogens (tertiary/aromatic N) is 2. The lowest BCUT2D eigenvalue weighted by Crippen LogP contribution is -2.35. The first-order valence-corrected chi connectivity index (χ1v) is 9.41. The van der Waals surface area contributed by atoms with Crippen LogP contribution < -0.4 is 10.1 Å². The number of aromatic nitrogens is 1. The predicted molar refractivity (Wildman–Crippen MR) is 93.1 cm³/mol. The monoisotopic (exact) mass is 347 g/mol. The summed E-state index contributed by atoms with van der Waals surface area (Å²) in [7, 11) is -1.85. The first-order valence-electron chi connectivity index (χ1n) is 7.97. The van der Waals surface area contributed by atoms with E-state index in [0.717, 1.165) is 24.9 Å². The summed E-state index contributed by atoms with van der Waals surface area (Å²) in [5.74, 6) is 1.27. The number of nitrogens with one attached hydrogen (secondary N) is 1. The fourth-order valence-corrected chi connectivity index (χ4v) is 4.21. The number of anilines is 2. The van der Waals surface area contributed by atoms with Crippen LogP contribution in [0.2, 0.25) is 0 Å². The number of sulfonamides is 1. The molecule has 1 aliphatic heterocycles. The number of para-hydroxylation sites is 2. The summed E-state index contributed by atoms with van der Waals surface area (Å²) < 4.78 is 32.0. The van der Waals surface area contributed by atoms with E-state index in [9.17, 15) is 8.42 Å². The molecule has 1 N–H and O–H groups in total. The van der Waals surface area contributed by atoms with E-state index in [4.69, 9.17) is 4.74 Å². The van der Waals surface area contributed by atoms with Gasteiger partial charge < -0.3 is 10.1 Å². The highest BCUT2D eigenvalue weighted by Gasteiger charge is 2.26. The minimum Gasteiger partial charge on any atom is -0.495 e. The lowest BCUT2D eigenvalue weighted by atomic mass is 10.2. The zero-order valence-corrected chi connectivity index (χ0v) is 14.4. The summed E-state index contributed by atoms with van der Waals surface area (Å²) in [5, 5.41) is 3.14. The van der Waals surface area contributed by atoms with E-state index >= 15 is 0 Å². The van der Waals surface area contributed by atoms with E-state index in [1.807, 2.05) is 24.3 Å². The molecule has 0 atom stereocenters. The number of benzene rings is 1. The topological polar surface area (TPSA) is 71.5 Å². The minimum atomic E-state index is -3.45. The van der Waals surface area contributed by atoms with Gasteiger partial charge in [-0.2, -0.15) is 4.31 Å². The summed E-state index contributed by atoms with van der Waals surface area (Å²) >= 11 is 0. The van der Waals surface area contributed by atoms with Crippen LogP contribution in [-0.2, 0) is 10.0 Å². The van der Waals surface area contributed by atoms with Crippen LogP contribution in [0.1, 0.15) is 19.3 Å². The highest BCUT2D eigenvalue weighted by molar-refractivity contribution is 7.89. The number of ether oxygens (including phenoxy) is 1. The summed E-state index contributed by atoms with van der Waals surface area (Å²) in [6.45, 7) is 1.17. The molecule has 128 valence electrons. The zero-order chi connectivity index (χ0) is 17.0. The molecule has 0 aliphatic carbocycles. The Kier molecular flexibility index (Phi) is 5.01. The Morgan fingerprint density at radius 3 is 2.50 bits per heavy atom. The van der Waals surface area contributed by atoms with Crippen LogP contribution in [-0.4, -0.2) is 37.9 Å². The van der Waals surface area contributed by atoms with Crippen molar-refractivity contribution in [1.29, 1.82) is 0 Å². The van der Waals surface area contributed by atoms with Crippen LogP contribution in [0.25, 0.3) is 0 Å². The molecule has 0 bridgehead atoms. The zero-order valence-electron chi connectivity index (χ0n) is 13.6. The van der Waals surface area contributed by atoms with Gasteiger partial charge in [0.2, 0.25) is 10.0 Å². The van der Waals surface area contributed by atoms with Gasteiger partial charge in [0.25, 0.3) is 0 Å². The molecule has 6 nitrogen and oxygen atoms in total. The van der Waals surface area contributed by atoms with Crippen LogP contribution in [0.3, 0.4) is 0 Å². The van der Waals surface area contributed by atoms with Crippen molar-refractivity contribution in [2.24, 2.45) is 0 Å². The number of hydrogen-bond acceptors (Lipinski definition) is 5. The van der Waals surface area contributed by atoms with Gasteiger partial charge in [0.1, 0.15) is 16.5 Å². The first kappa shape index (κ1) is 16.7. The van der Waals surface area contributed by atoms with Gasteiger partial charge in [-0.15, -0.1) is 0 Å². The fourth-order valence-electron chi connectivity index (χ4n) is 2.75. The minimum absolute atomic E-state index is 0.231. The van der Waals surface area contributed by atoms with Crippen molar-refractivity contribution >= 4 is 21.5 Å². The maximum absolute atomic E-state index is 12.6. The predicted octanol–water partition coefficient (Wildman–Crippen LogP) is 3.01. The van der Waals surface area contributed by atoms with E-state index in [1.54, 1.807) is 23.5 Å². The molecule has 1 saturated heterocycles. The Labute approximate surface area is 142 Å². The van der Waals surface area contributed by atoms with Crippen LogP contribution in [0.5, 0.6) is 5.75 Å². The molecule has 2 heterocycles. The second-order valence-corrected chi connectivity index (χ2v) is 7.61. The first-order chi connectivity index (χ1) is 11.6. The van der Waals surface area contributed by atoms with Gasteiger partial charge in [0, 0.05) is 19.3 Å². The van der Waals surface area contributed by atoms with Crippen molar-refractivity contribution in [2.45, 2.75) is 24.2 Å². The van der Waals surface area contributed by atoms with E-state index in [0.29, 0.717) is 24.7 Å². The van der Waals surface area contributed by atoms with Gasteiger partial charge in [-0.1, -0.05) is 18.6 Å². The van der Waals surface area contributed by atoms with Crippen LogP contribution >= 0.6 is 0 Å². The van der Waals surface area contributed by atoms with Crippen molar-refractivity contribution in [2.75, 3.05) is 25.5 Å². The highest BCUT2D eigenvalue weighted by atomic mass is 32.2. The van der Waals surface area contributed by atoms with Crippen molar-refractivity contribution in [3.63, 3.8) is 0 Å². The van der Waals surface area contributed by atoms with Crippen LogP contribution in [0.4, 0.5) is 11.5 Å². The summed E-state index contributed by atoms with van der Waals surface area (Å²) in [4.78, 5) is 4.47. The molecule has 0 amide bonds. The molecule has 1 aromatic heterocycles. The lowest BCUT2D eigenvalue weighted by molar-refractivity contribution is 0.346. The Morgan fingerprint density at radius 2 is 1.83 bits per heavy atom. The summed E-state index contributed by atoms with van der Waals surface area (Å²) in [6.07, 6.45) is 4.33. The number of piperidine rings is 1. The summed E-state index contributed by atoms with van der Waals surface area (Å²) in [6, 6.07) is 10.8. The smallest absolute Gasteiger partial charge is 0.244 e. The van der Waals surface area contributed by atoms with Crippen molar-refractivity contribution in [3.8, 4) is 5.75 Å². The Bertz CT molecular complexity index is 785. The lowest BCUT2D eigenvalue weighted by Gasteiger charge is -2.25. The standard InChI is InChI=1S/C17H21N3O3S/c1-23-16-8-4-3-7-15(16)19-17-10-9-14(13-18-17)24(21,22)20-11-5-2-6-12-20/h3-4,7-10,13H,2,5-6,11-12H2,1H3,(H,18,19). The molecule has 24 heavy (non-hydrogen) atoms. The SMILES string of the molecule is COc1ccccc1Nc1ccc(S(=O)(=O)N2CCCCC2)cn1. The molecule has 0 radical (unpaired) electrons. The van der Waals surface area contributed by atoms with Crippen LogP contribution in [0, 0.1) is 0 Å². The normalized spacial score (nSPS) is 15.9. The van der Waals surface area contributed by atoms with Gasteiger partial charge in [-0.3, -0.25) is 0 Å². The number of methoxy groups -OCH3 is 1. The second-order valence-electron chi connectivity index (χ2n) is 5.67. The molecular formula is C17H21N3O3S. The third-order valence-electron chi connectivity index (χ3n) is 4.06. The molecule has 0 saturated carbocycles. The van der Waals surface area contributed by atoms with Crippen molar-refractivity contribution < 1.29 is 13.2 Å². The maximum Gasteiger partial charge on any atom is 0.244 e. The van der Waals surface area contributed by atoms with Gasteiger partial charge in [-0.25, -0.2) is 13.4 Å². The molecule has 1 fully saturated rings. The van der Waals surface area contributed by atoms with Gasteiger partial charge in [0.05, 0.1) is 12.8 Å². The fraction of sp³-hybridized carbons (Fsp3) is 0.353. The third-order valence-corrected chi connectivity index (χ3v) is 5.94. The Hall–Kier alpha value is -2.12. The Morgan fingerprint density at radius 1 is 1.08 bits per heavy atom.